The zero-order valence-corrected chi connectivity index (χ0v) is 37.1. The van der Waals surface area contributed by atoms with E-state index in [0.29, 0.717) is 0 Å². The second-order valence-electron chi connectivity index (χ2n) is 17.4. The molecule has 3 aliphatic heterocycles. The Morgan fingerprint density at radius 2 is 0.892 bits per heavy atom. The molecule has 0 spiro atoms. The highest BCUT2D eigenvalue weighted by Crippen LogP contribution is 2.44. The molecule has 0 aliphatic carbocycles. The van der Waals surface area contributed by atoms with Crippen LogP contribution in [0.25, 0.3) is 43.4 Å². The molecule has 0 unspecified atom stereocenters. The Balaban J connectivity index is 1.07. The normalized spacial score (nSPS) is 14.0. The highest BCUT2D eigenvalue weighted by molar-refractivity contribution is 8.00. The molecule has 0 fully saturated rings. The number of ether oxygens (including phenoxy) is 1. The Kier molecular flexibility index (Phi) is 8.06. The van der Waals surface area contributed by atoms with Gasteiger partial charge in [-0.15, -0.1) is 0 Å². The highest BCUT2D eigenvalue weighted by Gasteiger charge is 2.50. The van der Waals surface area contributed by atoms with Crippen LogP contribution >= 0.6 is 11.8 Å². The molecule has 0 amide bonds. The summed E-state index contributed by atoms with van der Waals surface area (Å²) in [6.45, 7) is 0.00386. The standard InChI is InChI=1S/C60H38BNOSSi/c1-3-17-41(18-4-1)65(42-19-5-2-6-20-42)57-32-14-12-26-50(57)62(52-27-15-30-55-59(52)61-49-25-11-13-28-53(49)63-54-29-16-31-56(64-55)60(54)61)51-36-34-40(38-58(51)65)39-33-35-47-45-23-8-7-21-43(45)44-22-9-10-24-46(44)48(47)37-39/h1-38H. The Hall–Kier alpha value is -7.57. The average Bonchev–Trinajstić information content (AvgIpc) is 3.38. The van der Waals surface area contributed by atoms with E-state index in [2.05, 4.69) is 235 Å². The molecule has 11 aromatic rings. The van der Waals surface area contributed by atoms with Gasteiger partial charge in [-0.1, -0.05) is 194 Å². The van der Waals surface area contributed by atoms with Gasteiger partial charge in [0.2, 0.25) is 0 Å². The van der Waals surface area contributed by atoms with E-state index >= 15 is 0 Å². The van der Waals surface area contributed by atoms with Crippen molar-refractivity contribution in [3.05, 3.63) is 231 Å². The average molecular weight is 860 g/mol. The Labute approximate surface area is 383 Å². The lowest BCUT2D eigenvalue weighted by molar-refractivity contribution is 0.486. The lowest BCUT2D eigenvalue weighted by Crippen LogP contribution is -2.77. The molecule has 302 valence electrons. The lowest BCUT2D eigenvalue weighted by atomic mass is 9.35. The quantitative estimate of drug-likeness (QED) is 0.129. The zero-order chi connectivity index (χ0) is 42.6. The first kappa shape index (κ1) is 36.9. The summed E-state index contributed by atoms with van der Waals surface area (Å²) in [5.41, 5.74) is 9.87. The number of fused-ring (bicyclic) bond motifs is 12. The molecule has 0 bridgehead atoms. The van der Waals surface area contributed by atoms with E-state index in [1.165, 1.54) is 107 Å². The number of nitrogens with zero attached hydrogens (tertiary/aromatic N) is 1. The molecule has 0 atom stereocenters. The van der Waals surface area contributed by atoms with Gasteiger partial charge in [0, 0.05) is 26.9 Å². The van der Waals surface area contributed by atoms with Crippen molar-refractivity contribution in [1.82, 2.24) is 0 Å². The van der Waals surface area contributed by atoms with Gasteiger partial charge in [0.1, 0.15) is 11.5 Å². The predicted octanol–water partition coefficient (Wildman–Crippen LogP) is 11.1. The van der Waals surface area contributed by atoms with E-state index in [1.807, 2.05) is 11.8 Å². The molecule has 0 N–H and O–H groups in total. The minimum absolute atomic E-state index is 0.00386. The molecule has 14 rings (SSSR count). The second-order valence-corrected chi connectivity index (χ2v) is 22.3. The van der Waals surface area contributed by atoms with Gasteiger partial charge in [-0.25, -0.2) is 0 Å². The van der Waals surface area contributed by atoms with E-state index in [-0.39, 0.29) is 6.71 Å². The summed E-state index contributed by atoms with van der Waals surface area (Å²) < 4.78 is 6.67. The minimum atomic E-state index is -2.99. The molecule has 0 saturated carbocycles. The van der Waals surface area contributed by atoms with Gasteiger partial charge in [0.15, 0.2) is 8.07 Å². The van der Waals surface area contributed by atoms with Crippen molar-refractivity contribution < 1.29 is 4.74 Å². The summed E-state index contributed by atoms with van der Waals surface area (Å²) >= 11 is 1.86. The van der Waals surface area contributed by atoms with Crippen molar-refractivity contribution in [2.24, 2.45) is 0 Å². The van der Waals surface area contributed by atoms with Crippen LogP contribution < -0.4 is 46.8 Å². The molecule has 0 radical (unpaired) electrons. The Morgan fingerprint density at radius 1 is 0.369 bits per heavy atom. The molecule has 3 aliphatic rings. The van der Waals surface area contributed by atoms with Crippen LogP contribution in [-0.4, -0.2) is 14.8 Å². The van der Waals surface area contributed by atoms with Gasteiger partial charge in [-0.05, 0) is 129 Å². The van der Waals surface area contributed by atoms with Crippen LogP contribution in [0, 0.1) is 0 Å². The summed E-state index contributed by atoms with van der Waals surface area (Å²) in [7, 11) is -2.99. The monoisotopic (exact) mass is 859 g/mol. The van der Waals surface area contributed by atoms with Crippen LogP contribution in [0.2, 0.25) is 0 Å². The fourth-order valence-corrected chi connectivity index (χ4v) is 17.9. The van der Waals surface area contributed by atoms with E-state index in [9.17, 15) is 0 Å². The van der Waals surface area contributed by atoms with Crippen molar-refractivity contribution in [2.45, 2.75) is 9.79 Å². The van der Waals surface area contributed by atoms with Crippen LogP contribution in [0.3, 0.4) is 0 Å². The number of benzene rings is 11. The minimum Gasteiger partial charge on any atom is -0.458 e. The fraction of sp³-hybridized carbons (Fsp3) is 0. The van der Waals surface area contributed by atoms with Crippen molar-refractivity contribution in [2.75, 3.05) is 4.90 Å². The van der Waals surface area contributed by atoms with Gasteiger partial charge in [0.25, 0.3) is 6.71 Å². The van der Waals surface area contributed by atoms with Crippen LogP contribution in [0.4, 0.5) is 17.1 Å². The van der Waals surface area contributed by atoms with Crippen molar-refractivity contribution in [1.29, 1.82) is 0 Å². The van der Waals surface area contributed by atoms with Crippen LogP contribution in [0.1, 0.15) is 0 Å². The van der Waals surface area contributed by atoms with Gasteiger partial charge in [0.05, 0.1) is 0 Å². The maximum atomic E-state index is 6.67. The summed E-state index contributed by atoms with van der Waals surface area (Å²) in [5.74, 6) is 1.87. The van der Waals surface area contributed by atoms with Crippen molar-refractivity contribution >= 4 is 113 Å². The number of rotatable bonds is 4. The molecule has 2 nitrogen and oxygen atoms in total. The van der Waals surface area contributed by atoms with E-state index in [4.69, 9.17) is 4.74 Å². The molecular formula is C60H38BNOSSi. The molecular weight excluding hydrogens is 822 g/mol. The Bertz CT molecular complexity index is 3670. The fourth-order valence-electron chi connectivity index (χ4n) is 11.6. The molecule has 3 heterocycles. The summed E-state index contributed by atoms with van der Waals surface area (Å²) in [6.07, 6.45) is 0. The smallest absolute Gasteiger partial charge is 0.256 e. The topological polar surface area (TPSA) is 12.5 Å². The van der Waals surface area contributed by atoms with Crippen LogP contribution in [0.5, 0.6) is 11.5 Å². The van der Waals surface area contributed by atoms with Crippen LogP contribution in [-0.2, 0) is 0 Å². The second kappa shape index (κ2) is 14.2. The summed E-state index contributed by atoms with van der Waals surface area (Å²) in [6, 6.07) is 86.4. The van der Waals surface area contributed by atoms with Crippen molar-refractivity contribution in [3.63, 3.8) is 0 Å². The first-order valence-electron chi connectivity index (χ1n) is 22.4. The first-order valence-corrected chi connectivity index (χ1v) is 25.3. The highest BCUT2D eigenvalue weighted by atomic mass is 32.2. The molecule has 0 saturated heterocycles. The number of hydrogen-bond acceptors (Lipinski definition) is 3. The van der Waals surface area contributed by atoms with Crippen LogP contribution in [0.15, 0.2) is 240 Å². The van der Waals surface area contributed by atoms with Gasteiger partial charge in [-0.3, -0.25) is 0 Å². The largest absolute Gasteiger partial charge is 0.458 e. The van der Waals surface area contributed by atoms with Crippen molar-refractivity contribution in [3.8, 4) is 22.6 Å². The number of hydrogen-bond donors (Lipinski definition) is 0. The van der Waals surface area contributed by atoms with E-state index < -0.39 is 8.07 Å². The summed E-state index contributed by atoms with van der Waals surface area (Å²) in [5, 5.41) is 13.2. The molecule has 0 aromatic heterocycles. The first-order chi connectivity index (χ1) is 32.3. The third kappa shape index (κ3) is 5.25. The predicted molar refractivity (Wildman–Crippen MR) is 278 cm³/mol. The molecule has 65 heavy (non-hydrogen) atoms. The van der Waals surface area contributed by atoms with Gasteiger partial charge >= 0.3 is 0 Å². The zero-order valence-electron chi connectivity index (χ0n) is 35.3. The van der Waals surface area contributed by atoms with Gasteiger partial charge < -0.3 is 9.64 Å². The maximum absolute atomic E-state index is 6.67. The Morgan fingerprint density at radius 3 is 1.63 bits per heavy atom. The maximum Gasteiger partial charge on any atom is 0.256 e. The molecule has 11 aromatic carbocycles. The lowest BCUT2D eigenvalue weighted by Gasteiger charge is -2.46. The summed E-state index contributed by atoms with van der Waals surface area (Å²) in [4.78, 5) is 5.14. The third-order valence-electron chi connectivity index (χ3n) is 14.2. The van der Waals surface area contributed by atoms with E-state index in [0.717, 1.165) is 11.5 Å². The van der Waals surface area contributed by atoms with E-state index in [1.54, 1.807) is 0 Å². The molecule has 5 heteroatoms. The third-order valence-corrected chi connectivity index (χ3v) is 20.2. The number of anilines is 3. The van der Waals surface area contributed by atoms with Gasteiger partial charge in [-0.2, -0.15) is 0 Å². The number of para-hydroxylation sites is 2. The SMILES string of the molecule is c1ccc([Si]2(c3ccccc3)c3ccccc3N(c3cccc4c3B3c5ccccc5Oc5cccc(c53)S4)c3ccc(-c4ccc5c6ccccc6c6ccccc6c5c4)cc32)cc1.